The molecule has 0 amide bonds. The number of hydrogen-bond acceptors (Lipinski definition) is 2. The molecule has 0 N–H and O–H groups in total. The van der Waals surface area contributed by atoms with Crippen LogP contribution in [0, 0.1) is 35.3 Å². The lowest BCUT2D eigenvalue weighted by atomic mass is 9.60. The predicted molar refractivity (Wildman–Crippen MR) is 120 cm³/mol. The van der Waals surface area contributed by atoms with Crippen molar-refractivity contribution in [3.8, 4) is 5.75 Å². The highest BCUT2D eigenvalue weighted by Crippen LogP contribution is 2.51. The molecule has 3 fully saturated rings. The van der Waals surface area contributed by atoms with Crippen molar-refractivity contribution in [3.63, 3.8) is 0 Å². The number of ether oxygens (including phenoxy) is 2. The number of hydrogen-bond donors (Lipinski definition) is 0. The Morgan fingerprint density at radius 3 is 2.10 bits per heavy atom. The van der Waals surface area contributed by atoms with E-state index in [1.165, 1.54) is 69.6 Å². The van der Waals surface area contributed by atoms with Gasteiger partial charge in [-0.1, -0.05) is 12.7 Å². The predicted octanol–water partition coefficient (Wildman–Crippen LogP) is 7.42. The lowest BCUT2D eigenvalue weighted by Crippen LogP contribution is -2.35. The van der Waals surface area contributed by atoms with E-state index in [-0.39, 0.29) is 18.3 Å². The van der Waals surface area contributed by atoms with E-state index in [0.29, 0.717) is 12.0 Å². The summed E-state index contributed by atoms with van der Waals surface area (Å²) in [5.41, 5.74) is 0.802. The summed E-state index contributed by atoms with van der Waals surface area (Å²) in [6.45, 7) is 6.57. The highest BCUT2D eigenvalue weighted by molar-refractivity contribution is 5.33. The molecule has 3 saturated carbocycles. The molecule has 0 aromatic heterocycles. The fourth-order valence-electron chi connectivity index (χ4n) is 6.71. The van der Waals surface area contributed by atoms with Gasteiger partial charge in [-0.2, -0.15) is 0 Å². The molecule has 4 atom stereocenters. The molecule has 0 radical (unpaired) electrons. The molecule has 0 saturated heterocycles. The molecular formula is C27H38F2O2. The van der Waals surface area contributed by atoms with Crippen molar-refractivity contribution in [2.24, 2.45) is 23.7 Å². The average Bonchev–Trinajstić information content (AvgIpc) is 2.78. The molecule has 3 aliphatic carbocycles. The topological polar surface area (TPSA) is 18.5 Å². The third-order valence-electron chi connectivity index (χ3n) is 8.28. The van der Waals surface area contributed by atoms with Crippen LogP contribution >= 0.6 is 0 Å². The van der Waals surface area contributed by atoms with Crippen LogP contribution in [0.1, 0.15) is 82.6 Å². The fraction of sp³-hybridized carbons (Fsp3) is 0.704. The smallest absolute Gasteiger partial charge is 0.191 e. The lowest BCUT2D eigenvalue weighted by molar-refractivity contribution is 0.00583. The van der Waals surface area contributed by atoms with Gasteiger partial charge in [0.2, 0.25) is 0 Å². The maximum Gasteiger partial charge on any atom is 0.191 e. The van der Waals surface area contributed by atoms with Crippen LogP contribution in [0.3, 0.4) is 0 Å². The van der Waals surface area contributed by atoms with Gasteiger partial charge in [0.05, 0.1) is 6.10 Å². The monoisotopic (exact) mass is 432 g/mol. The maximum absolute atomic E-state index is 14.4. The first kappa shape index (κ1) is 22.8. The number of rotatable bonds is 7. The van der Waals surface area contributed by atoms with Crippen molar-refractivity contribution in [2.45, 2.75) is 83.2 Å². The van der Waals surface area contributed by atoms with Crippen molar-refractivity contribution in [3.05, 3.63) is 42.0 Å². The van der Waals surface area contributed by atoms with Crippen molar-refractivity contribution >= 4 is 0 Å². The van der Waals surface area contributed by atoms with Crippen LogP contribution in [0.4, 0.5) is 8.78 Å². The summed E-state index contributed by atoms with van der Waals surface area (Å²) in [5.74, 6) is 2.05. The van der Waals surface area contributed by atoms with E-state index in [9.17, 15) is 8.78 Å². The molecule has 4 rings (SSSR count). The quantitative estimate of drug-likeness (QED) is 0.417. The minimum atomic E-state index is -0.592. The first-order chi connectivity index (χ1) is 15.1. The summed E-state index contributed by atoms with van der Waals surface area (Å²) >= 11 is 0. The van der Waals surface area contributed by atoms with Crippen molar-refractivity contribution in [1.29, 1.82) is 0 Å². The summed E-state index contributed by atoms with van der Waals surface area (Å²) in [4.78, 5) is 0. The Kier molecular flexibility index (Phi) is 7.68. The van der Waals surface area contributed by atoms with E-state index in [0.717, 1.165) is 42.8 Å². The van der Waals surface area contributed by atoms with E-state index in [2.05, 4.69) is 13.5 Å². The van der Waals surface area contributed by atoms with Crippen molar-refractivity contribution in [1.82, 2.24) is 0 Å². The van der Waals surface area contributed by atoms with Gasteiger partial charge in [-0.05, 0) is 118 Å². The van der Waals surface area contributed by atoms with E-state index in [1.807, 2.05) is 0 Å². The zero-order chi connectivity index (χ0) is 21.8. The second-order valence-corrected chi connectivity index (χ2v) is 10.0. The molecule has 0 heterocycles. The Balaban J connectivity index is 1.32. The Morgan fingerprint density at radius 1 is 0.871 bits per heavy atom. The molecule has 0 spiro atoms. The van der Waals surface area contributed by atoms with Crippen LogP contribution in [-0.2, 0) is 4.74 Å². The maximum atomic E-state index is 14.4. The summed E-state index contributed by atoms with van der Waals surface area (Å²) in [5, 5.41) is 0. The highest BCUT2D eigenvalue weighted by atomic mass is 19.1. The molecule has 31 heavy (non-hydrogen) atoms. The molecule has 0 aliphatic heterocycles. The van der Waals surface area contributed by atoms with Gasteiger partial charge in [-0.25, -0.2) is 8.78 Å². The Bertz CT molecular complexity index is 718. The number of fused-ring (bicyclic) bond motifs is 1. The van der Waals surface area contributed by atoms with Crippen LogP contribution in [0.15, 0.2) is 24.8 Å². The first-order valence-electron chi connectivity index (χ1n) is 12.4. The summed E-state index contributed by atoms with van der Waals surface area (Å²) in [6, 6.07) is 2.99. The van der Waals surface area contributed by atoms with Crippen molar-refractivity contribution in [2.75, 3.05) is 13.2 Å². The van der Waals surface area contributed by atoms with E-state index in [1.54, 1.807) is 0 Å². The Morgan fingerprint density at radius 2 is 1.45 bits per heavy atom. The molecule has 2 nitrogen and oxygen atoms in total. The zero-order valence-electron chi connectivity index (χ0n) is 19.0. The van der Waals surface area contributed by atoms with Crippen LogP contribution in [0.5, 0.6) is 5.75 Å². The second-order valence-electron chi connectivity index (χ2n) is 10.0. The van der Waals surface area contributed by atoms with Gasteiger partial charge in [-0.3, -0.25) is 0 Å². The van der Waals surface area contributed by atoms with Crippen LogP contribution in [-0.4, -0.2) is 19.3 Å². The number of halogens is 2. The molecule has 4 unspecified atom stereocenters. The van der Waals surface area contributed by atoms with Gasteiger partial charge in [0.25, 0.3) is 0 Å². The minimum Gasteiger partial charge on any atom is -0.483 e. The fourth-order valence-corrected chi connectivity index (χ4v) is 6.71. The Hall–Kier alpha value is -1.42. The summed E-state index contributed by atoms with van der Waals surface area (Å²) < 4.78 is 39.9. The third kappa shape index (κ3) is 5.32. The second kappa shape index (κ2) is 10.5. The van der Waals surface area contributed by atoms with E-state index < -0.39 is 11.6 Å². The minimum absolute atomic E-state index is 0.106. The van der Waals surface area contributed by atoms with Crippen LogP contribution in [0.25, 0.3) is 0 Å². The van der Waals surface area contributed by atoms with Gasteiger partial charge < -0.3 is 9.47 Å². The van der Waals surface area contributed by atoms with Crippen LogP contribution in [0.2, 0.25) is 0 Å². The molecular weight excluding hydrogens is 394 g/mol. The highest BCUT2D eigenvalue weighted by Gasteiger charge is 2.39. The molecule has 1 aromatic carbocycles. The first-order valence-corrected chi connectivity index (χ1v) is 12.4. The number of benzene rings is 1. The lowest BCUT2D eigenvalue weighted by Gasteiger charge is -2.45. The summed E-state index contributed by atoms with van der Waals surface area (Å²) in [6.07, 6.45) is 14.4. The third-order valence-corrected chi connectivity index (χ3v) is 8.28. The van der Waals surface area contributed by atoms with Gasteiger partial charge in [-0.15, -0.1) is 0 Å². The zero-order valence-corrected chi connectivity index (χ0v) is 19.0. The molecule has 0 bridgehead atoms. The van der Waals surface area contributed by atoms with E-state index in [4.69, 9.17) is 9.47 Å². The van der Waals surface area contributed by atoms with Crippen LogP contribution < -0.4 is 4.74 Å². The average molecular weight is 433 g/mol. The van der Waals surface area contributed by atoms with Gasteiger partial charge in [0, 0.05) is 6.61 Å². The molecule has 4 heteroatoms. The normalized spacial score (nSPS) is 33.5. The Labute approximate surface area is 186 Å². The molecule has 3 aliphatic rings. The summed E-state index contributed by atoms with van der Waals surface area (Å²) in [7, 11) is 0. The van der Waals surface area contributed by atoms with Gasteiger partial charge in [0.15, 0.2) is 17.4 Å². The standard InChI is InChI=1S/C27H38F2O2/c1-3-13-31-27-25(28)16-23(17-26(27)29)22-8-7-20-14-19(5-6-21(20)15-22)18-9-11-24(12-10-18)30-4-2/h3,16-22,24H,1,4-15H2,2H3. The largest absolute Gasteiger partial charge is 0.483 e. The van der Waals surface area contributed by atoms with Gasteiger partial charge >= 0.3 is 0 Å². The van der Waals surface area contributed by atoms with E-state index >= 15 is 0 Å². The molecule has 1 aromatic rings. The van der Waals surface area contributed by atoms with Crippen molar-refractivity contribution < 1.29 is 18.3 Å². The SMILES string of the molecule is C=CCOc1c(F)cc(C2CCC3CC(C4CCC(OCC)CC4)CCC3C2)cc1F. The molecule has 172 valence electrons. The van der Waals surface area contributed by atoms with Gasteiger partial charge in [0.1, 0.15) is 6.61 Å².